The Bertz CT molecular complexity index is 711. The van der Waals surface area contributed by atoms with E-state index in [1.807, 2.05) is 42.5 Å². The van der Waals surface area contributed by atoms with Gasteiger partial charge in [-0.1, -0.05) is 32.9 Å². The molecule has 0 atom stereocenters. The van der Waals surface area contributed by atoms with Crippen LogP contribution in [0.15, 0.2) is 60.8 Å². The summed E-state index contributed by atoms with van der Waals surface area (Å²) in [7, 11) is 4.26. The summed E-state index contributed by atoms with van der Waals surface area (Å²) in [5, 5.41) is 0. The fourth-order valence-corrected chi connectivity index (χ4v) is 2.30. The van der Waals surface area contributed by atoms with E-state index in [1.54, 1.807) is 6.20 Å². The summed E-state index contributed by atoms with van der Waals surface area (Å²) in [5.41, 5.74) is 5.04. The third-order valence-corrected chi connectivity index (χ3v) is 3.60. The van der Waals surface area contributed by atoms with Crippen molar-refractivity contribution < 1.29 is 14.6 Å². The molecule has 0 N–H and O–H groups in total. The van der Waals surface area contributed by atoms with Gasteiger partial charge in [-0.2, -0.15) is 0 Å². The van der Waals surface area contributed by atoms with Gasteiger partial charge in [-0.15, -0.1) is 35.9 Å². The van der Waals surface area contributed by atoms with Crippen LogP contribution in [0.5, 0.6) is 0 Å². The number of aromatic nitrogens is 2. The van der Waals surface area contributed by atoms with Crippen molar-refractivity contribution in [2.45, 2.75) is 26.2 Å². The van der Waals surface area contributed by atoms with Crippen LogP contribution in [-0.4, -0.2) is 9.97 Å². The fraction of sp³-hybridized carbons (Fsp3) is 0.200. The van der Waals surface area contributed by atoms with Crippen molar-refractivity contribution in [1.82, 2.24) is 9.97 Å². The van der Waals surface area contributed by atoms with Crippen LogP contribution >= 0.6 is 10.2 Å². The van der Waals surface area contributed by atoms with Crippen LogP contribution in [0.2, 0.25) is 0 Å². The average molecular weight is 382 g/mol. The molecule has 0 radical (unpaired) electrons. The molecule has 2 heterocycles. The molecule has 0 bridgehead atoms. The van der Waals surface area contributed by atoms with Crippen molar-refractivity contribution in [2.24, 2.45) is 0 Å². The van der Waals surface area contributed by atoms with Crippen molar-refractivity contribution in [2.75, 3.05) is 0 Å². The van der Waals surface area contributed by atoms with Gasteiger partial charge in [0.2, 0.25) is 0 Å². The molecule has 127 valence electrons. The topological polar surface area (TPSA) is 25.8 Å². The van der Waals surface area contributed by atoms with Gasteiger partial charge in [0.25, 0.3) is 0 Å². The third kappa shape index (κ3) is 4.66. The summed E-state index contributed by atoms with van der Waals surface area (Å²) in [6.07, 6.45) is 1.80. The molecule has 0 saturated heterocycles. The minimum atomic E-state index is 0.0516. The molecule has 1 aromatic carbocycles. The molecule has 24 heavy (non-hydrogen) atoms. The van der Waals surface area contributed by atoms with Gasteiger partial charge in [-0.05, 0) is 34.9 Å². The molecule has 0 aliphatic carbocycles. The Morgan fingerprint density at radius 3 is 2.21 bits per heavy atom. The molecule has 0 aliphatic rings. The van der Waals surface area contributed by atoms with Gasteiger partial charge < -0.3 is 0 Å². The van der Waals surface area contributed by atoms with Crippen LogP contribution in [0.25, 0.3) is 22.6 Å². The van der Waals surface area contributed by atoms with Crippen LogP contribution in [0.1, 0.15) is 26.3 Å². The number of hydrogen-bond donors (Lipinski definition) is 0. The van der Waals surface area contributed by atoms with Crippen LogP contribution in [0.3, 0.4) is 0 Å². The van der Waals surface area contributed by atoms with E-state index in [9.17, 15) is 0 Å². The summed E-state index contributed by atoms with van der Waals surface area (Å²) in [5.74, 6) is 0. The number of benzene rings is 1. The number of hydrogen-bond acceptors (Lipinski definition) is 2. The van der Waals surface area contributed by atoms with Crippen molar-refractivity contribution in [1.29, 1.82) is 0 Å². The predicted molar refractivity (Wildman–Crippen MR) is 96.3 cm³/mol. The zero-order valence-electron chi connectivity index (χ0n) is 13.9. The number of rotatable bonds is 2. The second-order valence-corrected chi connectivity index (χ2v) is 6.37. The van der Waals surface area contributed by atoms with E-state index in [4.69, 9.17) is 4.98 Å². The third-order valence-electron chi connectivity index (χ3n) is 3.60. The molecular formula is C20H19ClN2Ni-. The van der Waals surface area contributed by atoms with Crippen LogP contribution < -0.4 is 0 Å². The Labute approximate surface area is 156 Å². The van der Waals surface area contributed by atoms with Crippen LogP contribution in [0, 0.1) is 6.07 Å². The van der Waals surface area contributed by atoms with Crippen molar-refractivity contribution in [3.63, 3.8) is 0 Å². The normalized spacial score (nSPS) is 10.8. The van der Waals surface area contributed by atoms with E-state index in [1.165, 1.54) is 5.56 Å². The van der Waals surface area contributed by atoms with E-state index in [0.717, 1.165) is 22.6 Å². The Morgan fingerprint density at radius 2 is 1.62 bits per heavy atom. The first-order valence-electron chi connectivity index (χ1n) is 7.57. The molecule has 0 spiro atoms. The van der Waals surface area contributed by atoms with E-state index < -0.39 is 0 Å². The van der Waals surface area contributed by atoms with Gasteiger partial charge in [-0.3, -0.25) is 9.97 Å². The van der Waals surface area contributed by atoms with E-state index in [2.05, 4.69) is 68.7 Å². The number of nitrogens with zero attached hydrogens (tertiary/aromatic N) is 2. The van der Waals surface area contributed by atoms with Crippen LogP contribution in [-0.2, 0) is 20.0 Å². The zero-order chi connectivity index (χ0) is 17.6. The SMILES string of the molecule is CC(C)(C)c1cc(-c2[c-]cccc2)nc(-c2ccccn2)c1.[Cl][Ni]. The van der Waals surface area contributed by atoms with Crippen molar-refractivity contribution >= 4 is 10.2 Å². The summed E-state index contributed by atoms with van der Waals surface area (Å²) in [4.78, 5) is 9.23. The molecule has 3 rings (SSSR count). The molecule has 3 aromatic rings. The molecule has 4 heteroatoms. The Kier molecular flexibility index (Phi) is 6.54. The summed E-state index contributed by atoms with van der Waals surface area (Å²) < 4.78 is 0. The van der Waals surface area contributed by atoms with Gasteiger partial charge >= 0.3 is 24.8 Å². The Morgan fingerprint density at radius 1 is 0.917 bits per heavy atom. The molecule has 0 saturated carbocycles. The standard InChI is InChI=1S/C20H19N2.ClH.Ni/c1-20(2,3)16-13-18(15-9-5-4-6-10-15)22-19(14-16)17-11-7-8-12-21-17;;/h4-9,11-14H,1-3H3;1H;/q-1;;+1/p-1. The first-order chi connectivity index (χ1) is 11.5. The Hall–Kier alpha value is -1.70. The minimum absolute atomic E-state index is 0.0516. The molecule has 2 nitrogen and oxygen atoms in total. The molecule has 2 aromatic heterocycles. The van der Waals surface area contributed by atoms with E-state index in [0.29, 0.717) is 0 Å². The zero-order valence-corrected chi connectivity index (χ0v) is 15.6. The molecule has 0 aliphatic heterocycles. The maximum atomic E-state index is 4.79. The fourth-order valence-electron chi connectivity index (χ4n) is 2.30. The first kappa shape index (κ1) is 18.6. The predicted octanol–water partition coefficient (Wildman–Crippen LogP) is 5.60. The molecule has 0 amide bonds. The first-order valence-corrected chi connectivity index (χ1v) is 8.93. The van der Waals surface area contributed by atoms with Gasteiger partial charge in [0.05, 0.1) is 11.4 Å². The summed E-state index contributed by atoms with van der Waals surface area (Å²) in [6, 6.07) is 21.4. The molecule has 0 unspecified atom stereocenters. The second kappa shape index (κ2) is 8.42. The number of pyridine rings is 2. The molecular weight excluding hydrogens is 362 g/mol. The maximum absolute atomic E-state index is 4.79. The van der Waals surface area contributed by atoms with Crippen molar-refractivity contribution in [3.8, 4) is 22.6 Å². The Balaban J connectivity index is 0.00000100. The van der Waals surface area contributed by atoms with Crippen LogP contribution in [0.4, 0.5) is 0 Å². The van der Waals surface area contributed by atoms with Gasteiger partial charge in [0.15, 0.2) is 0 Å². The summed E-state index contributed by atoms with van der Waals surface area (Å²) >= 11 is 3.35. The average Bonchev–Trinajstić information content (AvgIpc) is 2.64. The van der Waals surface area contributed by atoms with E-state index in [-0.39, 0.29) is 5.41 Å². The second-order valence-electron chi connectivity index (χ2n) is 6.37. The quantitative estimate of drug-likeness (QED) is 0.427. The monoisotopic (exact) mass is 380 g/mol. The number of halogens is 1. The van der Waals surface area contributed by atoms with Gasteiger partial charge in [0.1, 0.15) is 0 Å². The van der Waals surface area contributed by atoms with Gasteiger partial charge in [0, 0.05) is 6.20 Å². The molecule has 0 fully saturated rings. The van der Waals surface area contributed by atoms with Gasteiger partial charge in [-0.25, -0.2) is 0 Å². The summed E-state index contributed by atoms with van der Waals surface area (Å²) in [6.45, 7) is 6.63. The van der Waals surface area contributed by atoms with E-state index >= 15 is 0 Å². The van der Waals surface area contributed by atoms with Crippen molar-refractivity contribution in [3.05, 3.63) is 72.4 Å².